The largest absolute Gasteiger partial charge is 0.573 e. The van der Waals surface area contributed by atoms with Crippen LogP contribution in [-0.4, -0.2) is 17.4 Å². The van der Waals surface area contributed by atoms with Crippen LogP contribution in [0.25, 0.3) is 11.1 Å². The summed E-state index contributed by atoms with van der Waals surface area (Å²) in [7, 11) is 0. The first-order chi connectivity index (χ1) is 9.78. The Hall–Kier alpha value is -2.50. The van der Waals surface area contributed by atoms with Gasteiger partial charge in [0.15, 0.2) is 0 Å². The smallest absolute Gasteiger partial charge is 0.478 e. The predicted molar refractivity (Wildman–Crippen MR) is 70.3 cm³/mol. The molecule has 0 fully saturated rings. The molecule has 0 aromatic heterocycles. The van der Waals surface area contributed by atoms with Crippen molar-refractivity contribution in [1.82, 2.24) is 0 Å². The lowest BCUT2D eigenvalue weighted by atomic mass is 9.99. The Labute approximate surface area is 118 Å². The van der Waals surface area contributed by atoms with E-state index >= 15 is 0 Å². The minimum atomic E-state index is -4.79. The highest BCUT2D eigenvalue weighted by atomic mass is 19.4. The summed E-state index contributed by atoms with van der Waals surface area (Å²) >= 11 is 0. The second-order valence-electron chi connectivity index (χ2n) is 4.38. The number of ether oxygens (including phenoxy) is 1. The molecule has 0 saturated carbocycles. The standard InChI is InChI=1S/C15H11F3O3/c1-9-8-10(6-7-11(9)14(19)20)12-4-2-3-5-13(12)21-15(16,17)18/h2-8H,1H3,(H,19,20). The van der Waals surface area contributed by atoms with Crippen molar-refractivity contribution in [3.8, 4) is 16.9 Å². The molecule has 110 valence electrons. The molecule has 2 rings (SSSR count). The Balaban J connectivity index is 2.47. The van der Waals surface area contributed by atoms with Gasteiger partial charge in [0.2, 0.25) is 0 Å². The van der Waals surface area contributed by atoms with Crippen molar-refractivity contribution in [3.63, 3.8) is 0 Å². The van der Waals surface area contributed by atoms with Crippen molar-refractivity contribution in [1.29, 1.82) is 0 Å². The lowest BCUT2D eigenvalue weighted by Gasteiger charge is -2.14. The van der Waals surface area contributed by atoms with Crippen molar-refractivity contribution in [2.45, 2.75) is 13.3 Å². The number of benzene rings is 2. The Morgan fingerprint density at radius 1 is 1.14 bits per heavy atom. The molecule has 0 saturated heterocycles. The summed E-state index contributed by atoms with van der Waals surface area (Å²) in [6.07, 6.45) is -4.79. The van der Waals surface area contributed by atoms with E-state index in [-0.39, 0.29) is 16.9 Å². The molecular weight excluding hydrogens is 285 g/mol. The van der Waals surface area contributed by atoms with Gasteiger partial charge in [0.1, 0.15) is 5.75 Å². The summed E-state index contributed by atoms with van der Waals surface area (Å²) in [6.45, 7) is 1.58. The van der Waals surface area contributed by atoms with Crippen LogP contribution in [0.2, 0.25) is 0 Å². The molecule has 0 spiro atoms. The van der Waals surface area contributed by atoms with Crippen LogP contribution < -0.4 is 4.74 Å². The Morgan fingerprint density at radius 3 is 2.38 bits per heavy atom. The zero-order chi connectivity index (χ0) is 15.6. The lowest BCUT2D eigenvalue weighted by Crippen LogP contribution is -2.17. The van der Waals surface area contributed by atoms with E-state index < -0.39 is 12.3 Å². The molecule has 0 radical (unpaired) electrons. The van der Waals surface area contributed by atoms with Crippen LogP contribution in [0, 0.1) is 6.92 Å². The molecule has 2 aromatic carbocycles. The van der Waals surface area contributed by atoms with E-state index in [2.05, 4.69) is 4.74 Å². The molecule has 3 nitrogen and oxygen atoms in total. The second kappa shape index (κ2) is 5.47. The van der Waals surface area contributed by atoms with E-state index in [1.165, 1.54) is 36.4 Å². The zero-order valence-corrected chi connectivity index (χ0v) is 10.9. The van der Waals surface area contributed by atoms with Crippen LogP contribution in [-0.2, 0) is 0 Å². The first-order valence-electron chi connectivity index (χ1n) is 5.97. The third-order valence-corrected chi connectivity index (χ3v) is 2.88. The van der Waals surface area contributed by atoms with Crippen molar-refractivity contribution < 1.29 is 27.8 Å². The number of aryl methyl sites for hydroxylation is 1. The predicted octanol–water partition coefficient (Wildman–Crippen LogP) is 4.26. The number of aromatic carboxylic acids is 1. The van der Waals surface area contributed by atoms with Gasteiger partial charge in [-0.1, -0.05) is 30.3 Å². The molecule has 0 bridgehead atoms. The molecule has 1 N–H and O–H groups in total. The number of alkyl halides is 3. The van der Waals surface area contributed by atoms with E-state index in [1.807, 2.05) is 0 Å². The van der Waals surface area contributed by atoms with Crippen LogP contribution >= 0.6 is 0 Å². The van der Waals surface area contributed by atoms with Gasteiger partial charge in [-0.2, -0.15) is 0 Å². The Bertz CT molecular complexity index is 678. The highest BCUT2D eigenvalue weighted by Gasteiger charge is 2.32. The maximum absolute atomic E-state index is 12.4. The molecule has 0 atom stereocenters. The number of carboxylic acid groups (broad SMARTS) is 1. The molecule has 0 aliphatic rings. The Kier molecular flexibility index (Phi) is 3.88. The van der Waals surface area contributed by atoms with E-state index in [4.69, 9.17) is 5.11 Å². The van der Waals surface area contributed by atoms with Gasteiger partial charge in [0, 0.05) is 5.56 Å². The van der Waals surface area contributed by atoms with Gasteiger partial charge < -0.3 is 9.84 Å². The van der Waals surface area contributed by atoms with Gasteiger partial charge in [-0.15, -0.1) is 13.2 Å². The van der Waals surface area contributed by atoms with Crippen LogP contribution in [0.1, 0.15) is 15.9 Å². The summed E-state index contributed by atoms with van der Waals surface area (Å²) in [5, 5.41) is 8.96. The number of para-hydroxylation sites is 1. The van der Waals surface area contributed by atoms with Gasteiger partial charge in [0.25, 0.3) is 0 Å². The molecule has 2 aromatic rings. The number of hydrogen-bond donors (Lipinski definition) is 1. The topological polar surface area (TPSA) is 46.5 Å². The van der Waals surface area contributed by atoms with Crippen molar-refractivity contribution in [2.75, 3.05) is 0 Å². The maximum atomic E-state index is 12.4. The first kappa shape index (κ1) is 14.9. The molecule has 21 heavy (non-hydrogen) atoms. The van der Waals surface area contributed by atoms with Gasteiger partial charge in [0.05, 0.1) is 5.56 Å². The minimum absolute atomic E-state index is 0.105. The molecule has 6 heteroatoms. The quantitative estimate of drug-likeness (QED) is 0.920. The minimum Gasteiger partial charge on any atom is -0.478 e. The van der Waals surface area contributed by atoms with Crippen LogP contribution in [0.3, 0.4) is 0 Å². The fourth-order valence-electron chi connectivity index (χ4n) is 1.99. The number of carboxylic acids is 1. The number of carbonyl (C=O) groups is 1. The third-order valence-electron chi connectivity index (χ3n) is 2.88. The van der Waals surface area contributed by atoms with Gasteiger partial charge in [-0.25, -0.2) is 4.79 Å². The monoisotopic (exact) mass is 296 g/mol. The average Bonchev–Trinajstić information content (AvgIpc) is 2.36. The van der Waals surface area contributed by atoms with E-state index in [0.717, 1.165) is 0 Å². The van der Waals surface area contributed by atoms with Crippen molar-refractivity contribution in [3.05, 3.63) is 53.6 Å². The van der Waals surface area contributed by atoms with Gasteiger partial charge in [-0.05, 0) is 30.2 Å². The summed E-state index contributed by atoms with van der Waals surface area (Å²) in [5.41, 5.74) is 1.27. The van der Waals surface area contributed by atoms with Gasteiger partial charge in [-0.3, -0.25) is 0 Å². The fourth-order valence-corrected chi connectivity index (χ4v) is 1.99. The highest BCUT2D eigenvalue weighted by molar-refractivity contribution is 5.90. The molecular formula is C15H11F3O3. The molecule has 0 amide bonds. The molecule has 0 aliphatic heterocycles. The maximum Gasteiger partial charge on any atom is 0.573 e. The normalized spacial score (nSPS) is 11.2. The number of hydrogen-bond acceptors (Lipinski definition) is 2. The van der Waals surface area contributed by atoms with E-state index in [1.54, 1.807) is 13.0 Å². The molecule has 0 aliphatic carbocycles. The highest BCUT2D eigenvalue weighted by Crippen LogP contribution is 2.34. The van der Waals surface area contributed by atoms with E-state index in [9.17, 15) is 18.0 Å². The third kappa shape index (κ3) is 3.53. The number of halogens is 3. The van der Waals surface area contributed by atoms with E-state index in [0.29, 0.717) is 11.1 Å². The summed E-state index contributed by atoms with van der Waals surface area (Å²) in [6, 6.07) is 10.0. The summed E-state index contributed by atoms with van der Waals surface area (Å²) in [4.78, 5) is 11.0. The van der Waals surface area contributed by atoms with Crippen molar-refractivity contribution in [2.24, 2.45) is 0 Å². The SMILES string of the molecule is Cc1cc(-c2ccccc2OC(F)(F)F)ccc1C(=O)O. The fraction of sp³-hybridized carbons (Fsp3) is 0.133. The number of rotatable bonds is 3. The van der Waals surface area contributed by atoms with Gasteiger partial charge >= 0.3 is 12.3 Å². The van der Waals surface area contributed by atoms with Crippen molar-refractivity contribution >= 4 is 5.97 Å². The summed E-state index contributed by atoms with van der Waals surface area (Å²) in [5.74, 6) is -1.41. The second-order valence-corrected chi connectivity index (χ2v) is 4.38. The zero-order valence-electron chi connectivity index (χ0n) is 10.9. The average molecular weight is 296 g/mol. The molecule has 0 unspecified atom stereocenters. The lowest BCUT2D eigenvalue weighted by molar-refractivity contribution is -0.274. The van der Waals surface area contributed by atoms with Crippen LogP contribution in [0.15, 0.2) is 42.5 Å². The first-order valence-corrected chi connectivity index (χ1v) is 5.97. The van der Waals surface area contributed by atoms with Crippen LogP contribution in [0.4, 0.5) is 13.2 Å². The van der Waals surface area contributed by atoms with Crippen LogP contribution in [0.5, 0.6) is 5.75 Å². The Morgan fingerprint density at radius 2 is 1.81 bits per heavy atom. The summed E-state index contributed by atoms with van der Waals surface area (Å²) < 4.78 is 41.1. The molecule has 0 heterocycles.